The van der Waals surface area contributed by atoms with E-state index in [2.05, 4.69) is 5.16 Å². The van der Waals surface area contributed by atoms with Crippen LogP contribution in [0.4, 0.5) is 0 Å². The molecule has 4 nitrogen and oxygen atoms in total. The van der Waals surface area contributed by atoms with Crippen molar-refractivity contribution in [3.8, 4) is 5.75 Å². The molecule has 0 aliphatic carbocycles. The summed E-state index contributed by atoms with van der Waals surface area (Å²) < 4.78 is 10.7. The number of para-hydroxylation sites is 1. The Labute approximate surface area is 106 Å². The quantitative estimate of drug-likeness (QED) is 0.759. The lowest BCUT2D eigenvalue weighted by atomic mass is 10.1. The molecule has 0 spiro atoms. The number of carbonyl (C=O) groups excluding carboxylic acids is 1. The van der Waals surface area contributed by atoms with E-state index in [1.807, 2.05) is 32.0 Å². The minimum Gasteiger partial charge on any atom is -0.485 e. The highest BCUT2D eigenvalue weighted by Crippen LogP contribution is 2.21. The van der Waals surface area contributed by atoms with Crippen LogP contribution in [-0.4, -0.2) is 10.9 Å². The average Bonchev–Trinajstić information content (AvgIpc) is 2.81. The minimum atomic E-state index is 0.0688. The van der Waals surface area contributed by atoms with E-state index >= 15 is 0 Å². The predicted molar refractivity (Wildman–Crippen MR) is 66.6 cm³/mol. The van der Waals surface area contributed by atoms with Gasteiger partial charge >= 0.3 is 0 Å². The predicted octanol–water partition coefficient (Wildman–Crippen LogP) is 3.15. The van der Waals surface area contributed by atoms with Gasteiger partial charge in [0.1, 0.15) is 12.4 Å². The number of nitrogens with zero attached hydrogens (tertiary/aromatic N) is 1. The van der Waals surface area contributed by atoms with Crippen LogP contribution in [0.3, 0.4) is 0 Å². The van der Waals surface area contributed by atoms with Gasteiger partial charge < -0.3 is 9.26 Å². The third-order valence-corrected chi connectivity index (χ3v) is 2.56. The van der Waals surface area contributed by atoms with Crippen LogP contribution < -0.4 is 4.74 Å². The van der Waals surface area contributed by atoms with E-state index in [1.54, 1.807) is 12.1 Å². The molecule has 0 fully saturated rings. The van der Waals surface area contributed by atoms with Crippen LogP contribution >= 0.6 is 0 Å². The van der Waals surface area contributed by atoms with E-state index in [0.29, 0.717) is 23.5 Å². The second-order valence-electron chi connectivity index (χ2n) is 4.00. The number of hydrogen-bond donors (Lipinski definition) is 0. The number of hydrogen-bond acceptors (Lipinski definition) is 4. The number of ether oxygens (including phenoxy) is 1. The van der Waals surface area contributed by atoms with Crippen LogP contribution in [0.15, 0.2) is 34.9 Å². The zero-order chi connectivity index (χ0) is 13.0. The topological polar surface area (TPSA) is 52.3 Å². The molecule has 18 heavy (non-hydrogen) atoms. The smallest absolute Gasteiger partial charge is 0.174 e. The Hall–Kier alpha value is -2.10. The van der Waals surface area contributed by atoms with Gasteiger partial charge in [-0.25, -0.2) is 0 Å². The molecule has 0 unspecified atom stereocenters. The summed E-state index contributed by atoms with van der Waals surface area (Å²) in [7, 11) is 0. The monoisotopic (exact) mass is 245 g/mol. The first kappa shape index (κ1) is 12.4. The Bertz CT molecular complexity index is 545. The number of benzene rings is 1. The summed E-state index contributed by atoms with van der Waals surface area (Å²) in [6.45, 7) is 3.95. The molecule has 0 saturated carbocycles. The molecule has 0 atom stereocenters. The Morgan fingerprint density at radius 2 is 2.17 bits per heavy atom. The normalized spacial score (nSPS) is 10.3. The van der Waals surface area contributed by atoms with Crippen molar-refractivity contribution < 1.29 is 14.1 Å². The van der Waals surface area contributed by atoms with Gasteiger partial charge in [-0.2, -0.15) is 0 Å². The lowest BCUT2D eigenvalue weighted by Gasteiger charge is -2.08. The van der Waals surface area contributed by atoms with Gasteiger partial charge in [-0.05, 0) is 19.1 Å². The van der Waals surface area contributed by atoms with Crippen LogP contribution in [0.5, 0.6) is 5.75 Å². The van der Waals surface area contributed by atoms with Crippen molar-refractivity contribution in [3.05, 3.63) is 47.3 Å². The molecular formula is C14H15NO3. The highest BCUT2D eigenvalue weighted by Gasteiger charge is 2.10. The molecule has 0 radical (unpaired) electrons. The number of Topliss-reactive ketones (excluding diaryl/α,β-unsaturated/α-hetero) is 1. The van der Waals surface area contributed by atoms with Gasteiger partial charge in [-0.15, -0.1) is 0 Å². The molecule has 0 saturated heterocycles. The van der Waals surface area contributed by atoms with Crippen LogP contribution in [-0.2, 0) is 6.61 Å². The molecule has 0 N–H and O–H groups in total. The molecule has 4 heteroatoms. The van der Waals surface area contributed by atoms with Gasteiger partial charge in [-0.3, -0.25) is 4.79 Å². The lowest BCUT2D eigenvalue weighted by Crippen LogP contribution is -2.02. The molecule has 1 heterocycles. The minimum absolute atomic E-state index is 0.0688. The number of aromatic nitrogens is 1. The first-order chi connectivity index (χ1) is 8.70. The number of ketones is 1. The van der Waals surface area contributed by atoms with Gasteiger partial charge in [0.15, 0.2) is 11.5 Å². The largest absolute Gasteiger partial charge is 0.485 e. The van der Waals surface area contributed by atoms with Gasteiger partial charge in [0.2, 0.25) is 0 Å². The van der Waals surface area contributed by atoms with Crippen molar-refractivity contribution in [3.63, 3.8) is 0 Å². The molecule has 94 valence electrons. The summed E-state index contributed by atoms with van der Waals surface area (Å²) in [6, 6.07) is 9.03. The molecule has 2 rings (SSSR count). The molecule has 0 bridgehead atoms. The number of rotatable bonds is 5. The highest BCUT2D eigenvalue weighted by molar-refractivity contribution is 5.98. The average molecular weight is 245 g/mol. The zero-order valence-corrected chi connectivity index (χ0v) is 10.5. The summed E-state index contributed by atoms with van der Waals surface area (Å²) in [6.07, 6.45) is 0.460. The second kappa shape index (κ2) is 5.49. The van der Waals surface area contributed by atoms with Crippen molar-refractivity contribution in [2.45, 2.75) is 26.9 Å². The maximum Gasteiger partial charge on any atom is 0.174 e. The van der Waals surface area contributed by atoms with Crippen molar-refractivity contribution in [1.29, 1.82) is 0 Å². The summed E-state index contributed by atoms with van der Waals surface area (Å²) >= 11 is 0. The first-order valence-electron chi connectivity index (χ1n) is 5.88. The molecule has 0 aliphatic rings. The number of carbonyl (C=O) groups is 1. The Morgan fingerprint density at radius 3 is 2.83 bits per heavy atom. The molecule has 2 aromatic rings. The van der Waals surface area contributed by atoms with Gasteiger partial charge in [0, 0.05) is 12.5 Å². The van der Waals surface area contributed by atoms with Crippen LogP contribution in [0, 0.1) is 6.92 Å². The van der Waals surface area contributed by atoms with E-state index in [9.17, 15) is 4.79 Å². The van der Waals surface area contributed by atoms with Crippen molar-refractivity contribution in [2.75, 3.05) is 0 Å². The maximum atomic E-state index is 11.7. The van der Waals surface area contributed by atoms with Crippen LogP contribution in [0.2, 0.25) is 0 Å². The molecule has 0 amide bonds. The van der Waals surface area contributed by atoms with E-state index in [4.69, 9.17) is 9.26 Å². The van der Waals surface area contributed by atoms with E-state index < -0.39 is 0 Å². The van der Waals surface area contributed by atoms with E-state index in [-0.39, 0.29) is 12.4 Å². The Morgan fingerprint density at radius 1 is 1.39 bits per heavy atom. The standard InChI is InChI=1S/C14H15NO3/c1-3-13(16)12-6-4-5-7-14(12)17-9-11-8-10(2)15-18-11/h4-8H,3,9H2,1-2H3. The fraction of sp³-hybridized carbons (Fsp3) is 0.286. The summed E-state index contributed by atoms with van der Waals surface area (Å²) in [5, 5.41) is 3.78. The van der Waals surface area contributed by atoms with Crippen LogP contribution in [0.25, 0.3) is 0 Å². The van der Waals surface area contributed by atoms with Gasteiger partial charge in [-0.1, -0.05) is 24.2 Å². The third kappa shape index (κ3) is 2.77. The van der Waals surface area contributed by atoms with E-state index in [0.717, 1.165) is 5.69 Å². The fourth-order valence-electron chi connectivity index (χ4n) is 1.65. The molecular weight excluding hydrogens is 230 g/mol. The van der Waals surface area contributed by atoms with Crippen molar-refractivity contribution >= 4 is 5.78 Å². The SMILES string of the molecule is CCC(=O)c1ccccc1OCc1cc(C)no1. The fourth-order valence-corrected chi connectivity index (χ4v) is 1.65. The molecule has 1 aromatic carbocycles. The van der Waals surface area contributed by atoms with Gasteiger partial charge in [0.05, 0.1) is 11.3 Å². The summed E-state index contributed by atoms with van der Waals surface area (Å²) in [5.41, 5.74) is 1.42. The van der Waals surface area contributed by atoms with Crippen molar-refractivity contribution in [2.24, 2.45) is 0 Å². The third-order valence-electron chi connectivity index (χ3n) is 2.56. The van der Waals surface area contributed by atoms with Crippen molar-refractivity contribution in [1.82, 2.24) is 5.16 Å². The lowest BCUT2D eigenvalue weighted by molar-refractivity contribution is 0.0983. The zero-order valence-electron chi connectivity index (χ0n) is 10.5. The van der Waals surface area contributed by atoms with E-state index in [1.165, 1.54) is 0 Å². The summed E-state index contributed by atoms with van der Waals surface area (Å²) in [4.78, 5) is 11.7. The Kier molecular flexibility index (Phi) is 3.77. The molecule has 1 aromatic heterocycles. The summed E-state index contributed by atoms with van der Waals surface area (Å²) in [5.74, 6) is 1.30. The molecule has 0 aliphatic heterocycles. The number of aryl methyl sites for hydroxylation is 1. The highest BCUT2D eigenvalue weighted by atomic mass is 16.5. The second-order valence-corrected chi connectivity index (χ2v) is 4.00. The van der Waals surface area contributed by atoms with Gasteiger partial charge in [0.25, 0.3) is 0 Å². The first-order valence-corrected chi connectivity index (χ1v) is 5.88. The Balaban J connectivity index is 2.11. The maximum absolute atomic E-state index is 11.7. The van der Waals surface area contributed by atoms with Crippen LogP contribution in [0.1, 0.15) is 35.2 Å².